The SMILES string of the molecule is COC(=O)CNC(=O)c1ccc(/C=C/C(=O)c2c(OC)cc(C)n(C)c2=O)cc1. The lowest BCUT2D eigenvalue weighted by molar-refractivity contribution is -0.139. The zero-order chi connectivity index (χ0) is 21.6. The number of ketones is 1. The Hall–Kier alpha value is -3.68. The van der Waals surface area contributed by atoms with Crippen LogP contribution in [0.25, 0.3) is 6.08 Å². The third-order valence-electron chi connectivity index (χ3n) is 4.32. The molecule has 0 aliphatic heterocycles. The predicted molar refractivity (Wildman–Crippen MR) is 107 cm³/mol. The zero-order valence-corrected chi connectivity index (χ0v) is 16.6. The van der Waals surface area contributed by atoms with Crippen molar-refractivity contribution < 1.29 is 23.9 Å². The van der Waals surface area contributed by atoms with Gasteiger partial charge in [0.05, 0.1) is 14.2 Å². The predicted octanol–water partition coefficient (Wildman–Crippen LogP) is 1.50. The number of carbonyl (C=O) groups excluding carboxylic acids is 3. The van der Waals surface area contributed by atoms with Crippen LogP contribution in [0.1, 0.15) is 32.0 Å². The summed E-state index contributed by atoms with van der Waals surface area (Å²) in [5.41, 5.74) is 1.20. The van der Waals surface area contributed by atoms with Gasteiger partial charge >= 0.3 is 5.97 Å². The molecule has 1 amide bonds. The first-order valence-corrected chi connectivity index (χ1v) is 8.70. The molecule has 0 unspecified atom stereocenters. The minimum atomic E-state index is -0.547. The highest BCUT2D eigenvalue weighted by Crippen LogP contribution is 2.17. The van der Waals surface area contributed by atoms with E-state index < -0.39 is 23.2 Å². The molecule has 29 heavy (non-hydrogen) atoms. The van der Waals surface area contributed by atoms with E-state index >= 15 is 0 Å². The fraction of sp³-hybridized carbons (Fsp3) is 0.238. The molecular formula is C21H22N2O6. The molecule has 152 valence electrons. The monoisotopic (exact) mass is 398 g/mol. The van der Waals surface area contributed by atoms with Crippen LogP contribution in [-0.4, -0.2) is 43.0 Å². The molecule has 0 saturated carbocycles. The summed E-state index contributed by atoms with van der Waals surface area (Å²) in [5.74, 6) is -1.23. The number of hydrogen-bond donors (Lipinski definition) is 1. The number of methoxy groups -OCH3 is 2. The van der Waals surface area contributed by atoms with Crippen LogP contribution in [0.3, 0.4) is 0 Å². The van der Waals surface area contributed by atoms with Gasteiger partial charge in [-0.1, -0.05) is 18.2 Å². The number of nitrogens with one attached hydrogen (secondary N) is 1. The molecule has 8 heteroatoms. The van der Waals surface area contributed by atoms with E-state index in [-0.39, 0.29) is 17.9 Å². The van der Waals surface area contributed by atoms with Crippen molar-refractivity contribution in [1.29, 1.82) is 0 Å². The maximum atomic E-state index is 12.5. The lowest BCUT2D eigenvalue weighted by Crippen LogP contribution is -2.30. The normalized spacial score (nSPS) is 10.6. The van der Waals surface area contributed by atoms with Gasteiger partial charge in [-0.2, -0.15) is 0 Å². The summed E-state index contributed by atoms with van der Waals surface area (Å²) >= 11 is 0. The van der Waals surface area contributed by atoms with E-state index in [1.54, 1.807) is 44.3 Å². The number of pyridine rings is 1. The van der Waals surface area contributed by atoms with Gasteiger partial charge in [0.1, 0.15) is 17.9 Å². The summed E-state index contributed by atoms with van der Waals surface area (Å²) in [4.78, 5) is 48.0. The number of aryl methyl sites for hydroxylation is 1. The largest absolute Gasteiger partial charge is 0.496 e. The summed E-state index contributed by atoms with van der Waals surface area (Å²) in [7, 11) is 4.22. The number of carbonyl (C=O) groups is 3. The van der Waals surface area contributed by atoms with Crippen LogP contribution in [0.5, 0.6) is 5.75 Å². The van der Waals surface area contributed by atoms with Gasteiger partial charge in [-0.25, -0.2) is 0 Å². The Balaban J connectivity index is 2.16. The first kappa shape index (κ1) is 21.6. The number of benzene rings is 1. The Labute approximate surface area is 167 Å². The van der Waals surface area contributed by atoms with E-state index in [0.29, 0.717) is 16.8 Å². The molecule has 1 aromatic heterocycles. The molecule has 0 bridgehead atoms. The Morgan fingerprint density at radius 2 is 1.79 bits per heavy atom. The quantitative estimate of drug-likeness (QED) is 0.431. The van der Waals surface area contributed by atoms with Crippen molar-refractivity contribution in [3.05, 3.63) is 69.1 Å². The average Bonchev–Trinajstić information content (AvgIpc) is 2.73. The number of amides is 1. The fourth-order valence-electron chi connectivity index (χ4n) is 2.51. The van der Waals surface area contributed by atoms with Crippen LogP contribution in [0, 0.1) is 6.92 Å². The van der Waals surface area contributed by atoms with E-state index in [0.717, 1.165) is 0 Å². The van der Waals surface area contributed by atoms with Crippen molar-refractivity contribution in [2.24, 2.45) is 7.05 Å². The molecule has 1 N–H and O–H groups in total. The van der Waals surface area contributed by atoms with Crippen molar-refractivity contribution in [2.75, 3.05) is 20.8 Å². The Morgan fingerprint density at radius 3 is 2.38 bits per heavy atom. The van der Waals surface area contributed by atoms with E-state index in [2.05, 4.69) is 10.1 Å². The maximum Gasteiger partial charge on any atom is 0.325 e. The third kappa shape index (κ3) is 5.19. The van der Waals surface area contributed by atoms with Crippen molar-refractivity contribution in [1.82, 2.24) is 9.88 Å². The molecule has 0 spiro atoms. The number of esters is 1. The second-order valence-electron chi connectivity index (χ2n) is 6.17. The minimum absolute atomic E-state index is 0.0457. The van der Waals surface area contributed by atoms with E-state index in [4.69, 9.17) is 4.74 Å². The van der Waals surface area contributed by atoms with Crippen LogP contribution in [0.2, 0.25) is 0 Å². The fourth-order valence-corrected chi connectivity index (χ4v) is 2.51. The molecule has 2 aromatic rings. The summed E-state index contributed by atoms with van der Waals surface area (Å²) in [6.45, 7) is 1.52. The molecule has 0 fully saturated rings. The molecule has 1 aromatic carbocycles. The number of ether oxygens (including phenoxy) is 2. The first-order chi connectivity index (χ1) is 13.8. The Morgan fingerprint density at radius 1 is 1.14 bits per heavy atom. The molecule has 0 aliphatic rings. The van der Waals surface area contributed by atoms with Gasteiger partial charge in [0.25, 0.3) is 11.5 Å². The second kappa shape index (κ2) is 9.50. The smallest absolute Gasteiger partial charge is 0.325 e. The van der Waals surface area contributed by atoms with Gasteiger partial charge in [-0.3, -0.25) is 19.2 Å². The maximum absolute atomic E-state index is 12.5. The lowest BCUT2D eigenvalue weighted by atomic mass is 10.1. The minimum Gasteiger partial charge on any atom is -0.496 e. The summed E-state index contributed by atoms with van der Waals surface area (Å²) in [5, 5.41) is 2.43. The summed E-state index contributed by atoms with van der Waals surface area (Å²) in [6, 6.07) is 8.03. The summed E-state index contributed by atoms with van der Waals surface area (Å²) < 4.78 is 11.0. The van der Waals surface area contributed by atoms with Gasteiger partial charge in [0, 0.05) is 24.4 Å². The van der Waals surface area contributed by atoms with E-state index in [1.165, 1.54) is 30.9 Å². The van der Waals surface area contributed by atoms with E-state index in [9.17, 15) is 19.2 Å². The second-order valence-corrected chi connectivity index (χ2v) is 6.17. The molecule has 1 heterocycles. The summed E-state index contributed by atoms with van der Waals surface area (Å²) in [6.07, 6.45) is 2.82. The Kier molecular flexibility index (Phi) is 7.08. The molecule has 0 aliphatic carbocycles. The van der Waals surface area contributed by atoms with Crippen LogP contribution in [-0.2, 0) is 16.6 Å². The van der Waals surface area contributed by atoms with Crippen molar-refractivity contribution in [3.8, 4) is 5.75 Å². The zero-order valence-electron chi connectivity index (χ0n) is 16.6. The lowest BCUT2D eigenvalue weighted by Gasteiger charge is -2.10. The Bertz CT molecular complexity index is 1020. The van der Waals surface area contributed by atoms with Crippen LogP contribution < -0.4 is 15.6 Å². The highest BCUT2D eigenvalue weighted by molar-refractivity contribution is 6.08. The third-order valence-corrected chi connectivity index (χ3v) is 4.32. The van der Waals surface area contributed by atoms with Crippen molar-refractivity contribution in [2.45, 2.75) is 6.92 Å². The number of aromatic nitrogens is 1. The highest BCUT2D eigenvalue weighted by Gasteiger charge is 2.17. The van der Waals surface area contributed by atoms with Gasteiger partial charge in [-0.15, -0.1) is 0 Å². The molecule has 0 atom stereocenters. The molecule has 8 nitrogen and oxygen atoms in total. The first-order valence-electron chi connectivity index (χ1n) is 8.70. The van der Waals surface area contributed by atoms with Crippen LogP contribution in [0.4, 0.5) is 0 Å². The molecule has 0 radical (unpaired) electrons. The number of rotatable bonds is 7. The van der Waals surface area contributed by atoms with Crippen molar-refractivity contribution in [3.63, 3.8) is 0 Å². The number of allylic oxidation sites excluding steroid dienone is 1. The van der Waals surface area contributed by atoms with Crippen LogP contribution in [0.15, 0.2) is 41.2 Å². The van der Waals surface area contributed by atoms with Gasteiger partial charge in [0.15, 0.2) is 5.78 Å². The van der Waals surface area contributed by atoms with Gasteiger partial charge < -0.3 is 19.4 Å². The molecular weight excluding hydrogens is 376 g/mol. The topological polar surface area (TPSA) is 104 Å². The molecule has 0 saturated heterocycles. The standard InChI is InChI=1S/C21H22N2O6/c1-13-11-17(28-3)19(21(27)23(13)2)16(24)10-7-14-5-8-15(9-6-14)20(26)22-12-18(25)29-4/h5-11H,12H2,1-4H3,(H,22,26)/b10-7+. The van der Waals surface area contributed by atoms with Crippen LogP contribution >= 0.6 is 0 Å². The number of nitrogens with zero attached hydrogens (tertiary/aromatic N) is 1. The number of hydrogen-bond acceptors (Lipinski definition) is 6. The van der Waals surface area contributed by atoms with E-state index in [1.807, 2.05) is 0 Å². The van der Waals surface area contributed by atoms with Crippen molar-refractivity contribution >= 4 is 23.7 Å². The van der Waals surface area contributed by atoms with Gasteiger partial charge in [-0.05, 0) is 30.7 Å². The molecule has 2 rings (SSSR count). The highest BCUT2D eigenvalue weighted by atomic mass is 16.5. The van der Waals surface area contributed by atoms with Gasteiger partial charge in [0.2, 0.25) is 0 Å². The average molecular weight is 398 g/mol.